The predicted octanol–water partition coefficient (Wildman–Crippen LogP) is 2.23. The quantitative estimate of drug-likeness (QED) is 0.634. The highest BCUT2D eigenvalue weighted by Gasteiger charge is 2.04. The molecule has 0 aliphatic carbocycles. The first-order valence-electron chi connectivity index (χ1n) is 5.57. The van der Waals surface area contributed by atoms with E-state index in [0.29, 0.717) is 13.2 Å². The van der Waals surface area contributed by atoms with E-state index in [1.54, 1.807) is 19.5 Å². The first-order chi connectivity index (χ1) is 8.33. The van der Waals surface area contributed by atoms with Crippen LogP contribution in [0.1, 0.15) is 6.42 Å². The standard InChI is InChI=1S/C13H16N2O2/c1-16-7-2-8-17-13-4-3-12(14)11-9-15-6-5-10(11)13/h3-6,9H,2,7-8,14H2,1H3. The van der Waals surface area contributed by atoms with Crippen LogP contribution in [-0.2, 0) is 4.74 Å². The number of fused-ring (bicyclic) bond motifs is 1. The summed E-state index contributed by atoms with van der Waals surface area (Å²) in [6, 6.07) is 5.65. The van der Waals surface area contributed by atoms with Crippen molar-refractivity contribution in [2.24, 2.45) is 0 Å². The van der Waals surface area contributed by atoms with Gasteiger partial charge in [-0.3, -0.25) is 4.98 Å². The number of nitrogens with zero attached hydrogens (tertiary/aromatic N) is 1. The smallest absolute Gasteiger partial charge is 0.127 e. The van der Waals surface area contributed by atoms with E-state index in [4.69, 9.17) is 15.2 Å². The van der Waals surface area contributed by atoms with Gasteiger partial charge in [0.2, 0.25) is 0 Å². The van der Waals surface area contributed by atoms with Crippen LogP contribution >= 0.6 is 0 Å². The number of nitrogen functional groups attached to an aromatic ring is 1. The van der Waals surface area contributed by atoms with E-state index in [2.05, 4.69) is 4.98 Å². The lowest BCUT2D eigenvalue weighted by Gasteiger charge is -2.10. The molecule has 1 heterocycles. The van der Waals surface area contributed by atoms with E-state index in [-0.39, 0.29) is 0 Å². The largest absolute Gasteiger partial charge is 0.493 e. The zero-order valence-electron chi connectivity index (χ0n) is 9.85. The molecule has 0 aliphatic heterocycles. The maximum atomic E-state index is 5.89. The Kier molecular flexibility index (Phi) is 3.77. The Balaban J connectivity index is 2.20. The average molecular weight is 232 g/mol. The predicted molar refractivity (Wildman–Crippen MR) is 68.1 cm³/mol. The normalized spacial score (nSPS) is 10.6. The number of rotatable bonds is 5. The van der Waals surface area contributed by atoms with E-state index in [9.17, 15) is 0 Å². The summed E-state index contributed by atoms with van der Waals surface area (Å²) in [7, 11) is 1.68. The van der Waals surface area contributed by atoms with Crippen LogP contribution < -0.4 is 10.5 Å². The van der Waals surface area contributed by atoms with Crippen molar-refractivity contribution >= 4 is 16.5 Å². The highest BCUT2D eigenvalue weighted by molar-refractivity contribution is 5.96. The van der Waals surface area contributed by atoms with Gasteiger partial charge in [-0.1, -0.05) is 0 Å². The monoisotopic (exact) mass is 232 g/mol. The topological polar surface area (TPSA) is 57.4 Å². The van der Waals surface area contributed by atoms with Crippen molar-refractivity contribution in [2.45, 2.75) is 6.42 Å². The summed E-state index contributed by atoms with van der Waals surface area (Å²) in [5.41, 5.74) is 6.61. The van der Waals surface area contributed by atoms with Crippen molar-refractivity contribution in [1.82, 2.24) is 4.98 Å². The molecule has 1 aromatic heterocycles. The maximum absolute atomic E-state index is 5.89. The van der Waals surface area contributed by atoms with Crippen molar-refractivity contribution in [3.63, 3.8) is 0 Å². The van der Waals surface area contributed by atoms with Gasteiger partial charge in [0.25, 0.3) is 0 Å². The molecule has 0 fully saturated rings. The first kappa shape index (κ1) is 11.7. The Morgan fingerprint density at radius 3 is 2.88 bits per heavy atom. The lowest BCUT2D eigenvalue weighted by Crippen LogP contribution is -2.02. The van der Waals surface area contributed by atoms with Crippen LogP contribution in [0.2, 0.25) is 0 Å². The van der Waals surface area contributed by atoms with E-state index in [1.807, 2.05) is 18.2 Å². The molecule has 0 saturated carbocycles. The molecule has 0 unspecified atom stereocenters. The Bertz CT molecular complexity index is 500. The maximum Gasteiger partial charge on any atom is 0.127 e. The Hall–Kier alpha value is -1.81. The summed E-state index contributed by atoms with van der Waals surface area (Å²) in [5, 5.41) is 1.93. The molecular formula is C13H16N2O2. The number of methoxy groups -OCH3 is 1. The molecule has 0 saturated heterocycles. The number of pyridine rings is 1. The third-order valence-electron chi connectivity index (χ3n) is 2.56. The van der Waals surface area contributed by atoms with Crippen LogP contribution in [0.25, 0.3) is 10.8 Å². The van der Waals surface area contributed by atoms with Gasteiger partial charge in [-0.25, -0.2) is 0 Å². The summed E-state index contributed by atoms with van der Waals surface area (Å²) in [5.74, 6) is 0.840. The van der Waals surface area contributed by atoms with Crippen LogP contribution in [0, 0.1) is 0 Å². The van der Waals surface area contributed by atoms with Gasteiger partial charge in [-0.15, -0.1) is 0 Å². The summed E-state index contributed by atoms with van der Waals surface area (Å²) in [6.45, 7) is 1.34. The van der Waals surface area contributed by atoms with Crippen molar-refractivity contribution < 1.29 is 9.47 Å². The number of benzene rings is 1. The van der Waals surface area contributed by atoms with Gasteiger partial charge in [-0.2, -0.15) is 0 Å². The SMILES string of the molecule is COCCCOc1ccc(N)c2cnccc12. The van der Waals surface area contributed by atoms with Gasteiger partial charge in [0.05, 0.1) is 6.61 Å². The van der Waals surface area contributed by atoms with E-state index in [1.165, 1.54) is 0 Å². The zero-order chi connectivity index (χ0) is 12.1. The lowest BCUT2D eigenvalue weighted by molar-refractivity contribution is 0.172. The van der Waals surface area contributed by atoms with E-state index >= 15 is 0 Å². The number of ether oxygens (including phenoxy) is 2. The second-order valence-electron chi connectivity index (χ2n) is 3.77. The fraction of sp³-hybridized carbons (Fsp3) is 0.308. The highest BCUT2D eigenvalue weighted by atomic mass is 16.5. The highest BCUT2D eigenvalue weighted by Crippen LogP contribution is 2.29. The first-order valence-corrected chi connectivity index (χ1v) is 5.57. The van der Waals surface area contributed by atoms with Crippen molar-refractivity contribution in [2.75, 3.05) is 26.1 Å². The molecule has 0 aliphatic rings. The van der Waals surface area contributed by atoms with Crippen LogP contribution in [0.5, 0.6) is 5.75 Å². The molecule has 2 aromatic rings. The molecule has 0 spiro atoms. The molecule has 17 heavy (non-hydrogen) atoms. The average Bonchev–Trinajstić information content (AvgIpc) is 2.37. The molecule has 4 heteroatoms. The Labute approximate surface area is 100 Å². The van der Waals surface area contributed by atoms with Crippen LogP contribution in [0.15, 0.2) is 30.6 Å². The molecule has 0 amide bonds. The second-order valence-corrected chi connectivity index (χ2v) is 3.77. The lowest BCUT2D eigenvalue weighted by atomic mass is 10.1. The van der Waals surface area contributed by atoms with Crippen molar-refractivity contribution in [3.05, 3.63) is 30.6 Å². The molecule has 1 aromatic carbocycles. The minimum Gasteiger partial charge on any atom is -0.493 e. The minimum atomic E-state index is 0.634. The van der Waals surface area contributed by atoms with Crippen LogP contribution in [-0.4, -0.2) is 25.3 Å². The molecule has 0 bridgehead atoms. The number of aromatic nitrogens is 1. The molecular weight excluding hydrogens is 216 g/mol. The summed E-state index contributed by atoms with van der Waals surface area (Å²) < 4.78 is 10.7. The zero-order valence-corrected chi connectivity index (χ0v) is 9.85. The fourth-order valence-corrected chi connectivity index (χ4v) is 1.70. The number of anilines is 1. The van der Waals surface area contributed by atoms with Gasteiger partial charge in [0.1, 0.15) is 5.75 Å². The van der Waals surface area contributed by atoms with E-state index in [0.717, 1.165) is 28.6 Å². The molecule has 2 N–H and O–H groups in total. The second kappa shape index (κ2) is 5.50. The number of hydrogen-bond donors (Lipinski definition) is 1. The molecule has 4 nitrogen and oxygen atoms in total. The fourth-order valence-electron chi connectivity index (χ4n) is 1.70. The van der Waals surface area contributed by atoms with Crippen molar-refractivity contribution in [3.8, 4) is 5.75 Å². The molecule has 90 valence electrons. The summed E-state index contributed by atoms with van der Waals surface area (Å²) >= 11 is 0. The van der Waals surface area contributed by atoms with E-state index < -0.39 is 0 Å². The molecule has 2 rings (SSSR count). The van der Waals surface area contributed by atoms with Gasteiger partial charge in [0, 0.05) is 49.0 Å². The van der Waals surface area contributed by atoms with Crippen molar-refractivity contribution in [1.29, 1.82) is 0 Å². The van der Waals surface area contributed by atoms with Gasteiger partial charge in [0.15, 0.2) is 0 Å². The summed E-state index contributed by atoms with van der Waals surface area (Å²) in [4.78, 5) is 4.07. The number of nitrogens with two attached hydrogens (primary N) is 1. The van der Waals surface area contributed by atoms with Gasteiger partial charge < -0.3 is 15.2 Å². The third kappa shape index (κ3) is 2.65. The molecule has 0 radical (unpaired) electrons. The number of hydrogen-bond acceptors (Lipinski definition) is 4. The van der Waals surface area contributed by atoms with Crippen LogP contribution in [0.3, 0.4) is 0 Å². The summed E-state index contributed by atoms with van der Waals surface area (Å²) in [6.07, 6.45) is 4.37. The molecule has 0 atom stereocenters. The Morgan fingerprint density at radius 2 is 2.06 bits per heavy atom. The van der Waals surface area contributed by atoms with Crippen LogP contribution in [0.4, 0.5) is 5.69 Å². The minimum absolute atomic E-state index is 0.634. The Morgan fingerprint density at radius 1 is 1.18 bits per heavy atom. The third-order valence-corrected chi connectivity index (χ3v) is 2.56. The van der Waals surface area contributed by atoms with Gasteiger partial charge >= 0.3 is 0 Å². The van der Waals surface area contributed by atoms with Gasteiger partial charge in [-0.05, 0) is 18.2 Å².